The molecule has 0 aromatic carbocycles. The third kappa shape index (κ3) is 7.66. The maximum Gasteiger partial charge on any atom is 0.316 e. The van der Waals surface area contributed by atoms with E-state index in [0.29, 0.717) is 0 Å². The van der Waals surface area contributed by atoms with Gasteiger partial charge in [0.2, 0.25) is 6.29 Å². The first kappa shape index (κ1) is 14.3. The highest BCUT2D eigenvalue weighted by molar-refractivity contribution is 5.95. The maximum atomic E-state index is 11.0. The van der Waals surface area contributed by atoms with Crippen molar-refractivity contribution < 1.29 is 28.7 Å². The van der Waals surface area contributed by atoms with Gasteiger partial charge in [-0.3, -0.25) is 19.2 Å². The molecule has 0 aromatic heterocycles. The van der Waals surface area contributed by atoms with E-state index < -0.39 is 18.2 Å². The van der Waals surface area contributed by atoms with E-state index in [4.69, 9.17) is 0 Å². The fourth-order valence-corrected chi connectivity index (χ4v) is 0.884. The van der Waals surface area contributed by atoms with Crippen LogP contribution in [-0.4, -0.2) is 29.8 Å². The van der Waals surface area contributed by atoms with Gasteiger partial charge < -0.3 is 9.47 Å². The number of carbonyl (C=O) groups excluding carboxylic acids is 4. The molecular weight excluding hydrogens is 216 g/mol. The molecule has 0 radical (unpaired) electrons. The molecular formula is C10H14O6. The van der Waals surface area contributed by atoms with Crippen molar-refractivity contribution in [2.75, 3.05) is 0 Å². The van der Waals surface area contributed by atoms with Gasteiger partial charge in [-0.25, -0.2) is 0 Å². The molecule has 0 aliphatic rings. The maximum absolute atomic E-state index is 11.0. The van der Waals surface area contributed by atoms with Crippen LogP contribution in [-0.2, 0) is 28.7 Å². The van der Waals surface area contributed by atoms with Crippen molar-refractivity contribution in [1.82, 2.24) is 0 Å². The average molecular weight is 230 g/mol. The standard InChI is InChI=1S/C10H14O6/c1-6(11)4-9(13)15-8(3)16-10(14)5-7(2)12/h8H,4-5H2,1-3H3. The van der Waals surface area contributed by atoms with Gasteiger partial charge >= 0.3 is 11.9 Å². The highest BCUT2D eigenvalue weighted by Crippen LogP contribution is 2.00. The third-order valence-electron chi connectivity index (χ3n) is 1.38. The van der Waals surface area contributed by atoms with Gasteiger partial charge in [0.1, 0.15) is 24.4 Å². The summed E-state index contributed by atoms with van der Waals surface area (Å²) in [4.78, 5) is 43.0. The smallest absolute Gasteiger partial charge is 0.316 e. The van der Waals surface area contributed by atoms with Crippen molar-refractivity contribution in [2.24, 2.45) is 0 Å². The minimum Gasteiger partial charge on any atom is -0.425 e. The van der Waals surface area contributed by atoms with Crippen LogP contribution in [0.4, 0.5) is 0 Å². The van der Waals surface area contributed by atoms with Crippen LogP contribution < -0.4 is 0 Å². The Morgan fingerprint density at radius 3 is 1.44 bits per heavy atom. The predicted molar refractivity (Wildman–Crippen MR) is 52.2 cm³/mol. The number of rotatable bonds is 6. The molecule has 0 rings (SSSR count). The minimum atomic E-state index is -1.10. The van der Waals surface area contributed by atoms with Crippen molar-refractivity contribution in [3.05, 3.63) is 0 Å². The Labute approximate surface area is 92.9 Å². The van der Waals surface area contributed by atoms with Crippen molar-refractivity contribution >= 4 is 23.5 Å². The molecule has 0 N–H and O–H groups in total. The second kappa shape index (κ2) is 6.71. The number of hydrogen-bond donors (Lipinski definition) is 0. The Morgan fingerprint density at radius 1 is 0.875 bits per heavy atom. The van der Waals surface area contributed by atoms with Crippen molar-refractivity contribution in [2.45, 2.75) is 39.9 Å². The van der Waals surface area contributed by atoms with Gasteiger partial charge in [-0.05, 0) is 13.8 Å². The van der Waals surface area contributed by atoms with E-state index in [9.17, 15) is 19.2 Å². The summed E-state index contributed by atoms with van der Waals surface area (Å²) in [5.74, 6) is -2.22. The number of Topliss-reactive ketones (excluding diaryl/α,β-unsaturated/α-hetero) is 2. The van der Waals surface area contributed by atoms with Crippen LogP contribution in [0.5, 0.6) is 0 Å². The summed E-state index contributed by atoms with van der Waals surface area (Å²) in [6.07, 6.45) is -1.83. The van der Waals surface area contributed by atoms with Gasteiger partial charge in [0.25, 0.3) is 0 Å². The quantitative estimate of drug-likeness (QED) is 0.372. The Kier molecular flexibility index (Phi) is 5.99. The van der Waals surface area contributed by atoms with E-state index >= 15 is 0 Å². The fourth-order valence-electron chi connectivity index (χ4n) is 0.884. The van der Waals surface area contributed by atoms with E-state index in [-0.39, 0.29) is 24.4 Å². The number of esters is 2. The Balaban J connectivity index is 3.94. The van der Waals surface area contributed by atoms with Gasteiger partial charge in [-0.2, -0.15) is 0 Å². The molecule has 0 aromatic rings. The van der Waals surface area contributed by atoms with Crippen LogP contribution in [0, 0.1) is 0 Å². The topological polar surface area (TPSA) is 86.7 Å². The number of ether oxygens (including phenoxy) is 2. The monoisotopic (exact) mass is 230 g/mol. The third-order valence-corrected chi connectivity index (χ3v) is 1.38. The molecule has 0 saturated heterocycles. The van der Waals surface area contributed by atoms with E-state index in [1.54, 1.807) is 0 Å². The molecule has 6 nitrogen and oxygen atoms in total. The van der Waals surface area contributed by atoms with E-state index in [1.807, 2.05) is 0 Å². The highest BCUT2D eigenvalue weighted by Gasteiger charge is 2.16. The fraction of sp³-hybridized carbons (Fsp3) is 0.600. The summed E-state index contributed by atoms with van der Waals surface area (Å²) in [5.41, 5.74) is 0. The number of carbonyl (C=O) groups is 4. The van der Waals surface area contributed by atoms with Crippen LogP contribution in [0.25, 0.3) is 0 Å². The first-order chi connectivity index (χ1) is 7.31. The van der Waals surface area contributed by atoms with Crippen LogP contribution in [0.2, 0.25) is 0 Å². The van der Waals surface area contributed by atoms with Crippen molar-refractivity contribution in [3.8, 4) is 0 Å². The average Bonchev–Trinajstić information content (AvgIpc) is 1.97. The second-order valence-electron chi connectivity index (χ2n) is 3.30. The molecule has 0 atom stereocenters. The molecule has 0 aliphatic heterocycles. The van der Waals surface area contributed by atoms with Crippen LogP contribution in [0.1, 0.15) is 33.6 Å². The summed E-state index contributed by atoms with van der Waals surface area (Å²) in [6.45, 7) is 3.82. The van der Waals surface area contributed by atoms with Gasteiger partial charge in [0, 0.05) is 6.92 Å². The highest BCUT2D eigenvalue weighted by atomic mass is 16.7. The van der Waals surface area contributed by atoms with Gasteiger partial charge in [-0.1, -0.05) is 0 Å². The Morgan fingerprint density at radius 2 is 1.19 bits per heavy atom. The zero-order valence-electron chi connectivity index (χ0n) is 9.44. The molecule has 0 spiro atoms. The van der Waals surface area contributed by atoms with Crippen molar-refractivity contribution in [1.29, 1.82) is 0 Å². The minimum absolute atomic E-state index is 0.340. The Bertz CT molecular complexity index is 276. The molecule has 0 fully saturated rings. The van der Waals surface area contributed by atoms with Crippen LogP contribution in [0.3, 0.4) is 0 Å². The summed E-state index contributed by atoms with van der Waals surface area (Å²) >= 11 is 0. The summed E-state index contributed by atoms with van der Waals surface area (Å²) in [7, 11) is 0. The van der Waals surface area contributed by atoms with E-state index in [2.05, 4.69) is 9.47 Å². The lowest BCUT2D eigenvalue weighted by Gasteiger charge is -2.12. The molecule has 16 heavy (non-hydrogen) atoms. The Hall–Kier alpha value is -1.72. The van der Waals surface area contributed by atoms with E-state index in [1.165, 1.54) is 20.8 Å². The largest absolute Gasteiger partial charge is 0.425 e. The second-order valence-corrected chi connectivity index (χ2v) is 3.30. The first-order valence-electron chi connectivity index (χ1n) is 4.69. The summed E-state index contributed by atoms with van der Waals surface area (Å²) < 4.78 is 9.20. The lowest BCUT2D eigenvalue weighted by atomic mass is 10.3. The first-order valence-corrected chi connectivity index (χ1v) is 4.69. The molecule has 0 saturated carbocycles. The zero-order valence-corrected chi connectivity index (χ0v) is 9.44. The lowest BCUT2D eigenvalue weighted by molar-refractivity contribution is -0.184. The predicted octanol–water partition coefficient (Wildman–Crippen LogP) is 0.377. The van der Waals surface area contributed by atoms with Crippen molar-refractivity contribution in [3.63, 3.8) is 0 Å². The van der Waals surface area contributed by atoms with Gasteiger partial charge in [0.05, 0.1) is 0 Å². The van der Waals surface area contributed by atoms with E-state index in [0.717, 1.165) is 0 Å². The summed E-state index contributed by atoms with van der Waals surface area (Å²) in [5, 5.41) is 0. The lowest BCUT2D eigenvalue weighted by Crippen LogP contribution is -2.23. The molecule has 0 aliphatic carbocycles. The zero-order chi connectivity index (χ0) is 12.7. The van der Waals surface area contributed by atoms with Gasteiger partial charge in [0.15, 0.2) is 0 Å². The number of ketones is 2. The number of hydrogen-bond acceptors (Lipinski definition) is 6. The van der Waals surface area contributed by atoms with Gasteiger partial charge in [-0.15, -0.1) is 0 Å². The normalized spacial score (nSPS) is 9.75. The molecule has 6 heteroatoms. The SMILES string of the molecule is CC(=O)CC(=O)OC(C)OC(=O)CC(C)=O. The van der Waals surface area contributed by atoms with Crippen LogP contribution >= 0.6 is 0 Å². The molecule has 0 unspecified atom stereocenters. The van der Waals surface area contributed by atoms with Crippen LogP contribution in [0.15, 0.2) is 0 Å². The molecule has 0 amide bonds. The summed E-state index contributed by atoms with van der Waals surface area (Å²) in [6, 6.07) is 0. The molecule has 90 valence electrons. The molecule has 0 bridgehead atoms. The molecule has 0 heterocycles.